The fraction of sp³-hybridized carbons (Fsp3) is 0.857. The molecule has 0 nitrogen and oxygen atoms in total. The third-order valence-corrected chi connectivity index (χ3v) is 5.19. The Balaban J connectivity index is 0.000000303. The molecule has 78 valence electrons. The van der Waals surface area contributed by atoms with Crippen molar-refractivity contribution in [3.63, 3.8) is 0 Å². The Morgan fingerprint density at radius 3 is 1.79 bits per heavy atom. The Hall–Kier alpha value is -0.260. The molecule has 0 heterocycles. The van der Waals surface area contributed by atoms with E-state index >= 15 is 0 Å². The average molecular weight is 190 g/mol. The molecular weight excluding hydrogens is 168 g/mol. The first-order valence-corrected chi connectivity index (χ1v) is 6.62. The Kier molecular flexibility index (Phi) is 2.00. The molecule has 4 aliphatic rings. The Morgan fingerprint density at radius 1 is 0.786 bits per heavy atom. The summed E-state index contributed by atoms with van der Waals surface area (Å²) in [6.07, 6.45) is 11.3. The molecule has 0 saturated heterocycles. The SMILES string of the molecule is C1=CC2CC1C1C3CCC(C3)C21.CC. The highest BCUT2D eigenvalue weighted by molar-refractivity contribution is 5.19. The molecule has 14 heavy (non-hydrogen) atoms. The van der Waals surface area contributed by atoms with Gasteiger partial charge in [0.15, 0.2) is 0 Å². The van der Waals surface area contributed by atoms with Gasteiger partial charge in [0.05, 0.1) is 0 Å². The fourth-order valence-corrected chi connectivity index (χ4v) is 4.98. The van der Waals surface area contributed by atoms with E-state index in [0.717, 1.165) is 35.5 Å². The van der Waals surface area contributed by atoms with Crippen molar-refractivity contribution in [2.45, 2.75) is 39.5 Å². The summed E-state index contributed by atoms with van der Waals surface area (Å²) >= 11 is 0. The van der Waals surface area contributed by atoms with Crippen molar-refractivity contribution in [1.82, 2.24) is 0 Å². The lowest BCUT2D eigenvalue weighted by molar-refractivity contribution is 0.206. The summed E-state index contributed by atoms with van der Waals surface area (Å²) in [5.74, 6) is 6.66. The highest BCUT2D eigenvalue weighted by Crippen LogP contribution is 2.65. The fourth-order valence-electron chi connectivity index (χ4n) is 4.98. The minimum Gasteiger partial charge on any atom is -0.0848 e. The molecule has 6 unspecified atom stereocenters. The standard InChI is InChI=1S/C12H16.C2H6/c1-2-8-5-7(1)11-9-3-4-10(6-9)12(8)11;1-2/h1-2,7-12H,3-6H2;1-2H3. The number of rotatable bonds is 0. The third kappa shape index (κ3) is 0.951. The van der Waals surface area contributed by atoms with Crippen LogP contribution < -0.4 is 0 Å². The topological polar surface area (TPSA) is 0 Å². The van der Waals surface area contributed by atoms with E-state index in [1.54, 1.807) is 19.3 Å². The third-order valence-electron chi connectivity index (χ3n) is 5.19. The van der Waals surface area contributed by atoms with E-state index in [2.05, 4.69) is 12.2 Å². The van der Waals surface area contributed by atoms with Crippen molar-refractivity contribution < 1.29 is 0 Å². The van der Waals surface area contributed by atoms with Crippen molar-refractivity contribution in [1.29, 1.82) is 0 Å². The molecule has 4 aliphatic carbocycles. The second-order valence-electron chi connectivity index (χ2n) is 5.44. The minimum atomic E-state index is 1.02. The summed E-state index contributed by atoms with van der Waals surface area (Å²) in [5.41, 5.74) is 0. The number of hydrogen-bond acceptors (Lipinski definition) is 0. The molecule has 0 radical (unpaired) electrons. The molecule has 4 rings (SSSR count). The van der Waals surface area contributed by atoms with Gasteiger partial charge in [-0.05, 0) is 61.2 Å². The zero-order valence-electron chi connectivity index (χ0n) is 9.45. The van der Waals surface area contributed by atoms with Gasteiger partial charge >= 0.3 is 0 Å². The van der Waals surface area contributed by atoms with Crippen LogP contribution in [0.4, 0.5) is 0 Å². The van der Waals surface area contributed by atoms with E-state index in [0.29, 0.717) is 0 Å². The predicted octanol–water partition coefficient (Wildman–Crippen LogP) is 3.88. The Labute approximate surface area is 87.8 Å². The zero-order valence-corrected chi connectivity index (χ0v) is 9.45. The summed E-state index contributed by atoms with van der Waals surface area (Å²) in [6.45, 7) is 4.00. The van der Waals surface area contributed by atoms with Gasteiger partial charge < -0.3 is 0 Å². The number of allylic oxidation sites excluding steroid dienone is 2. The van der Waals surface area contributed by atoms with Crippen LogP contribution >= 0.6 is 0 Å². The van der Waals surface area contributed by atoms with Crippen molar-refractivity contribution in [2.24, 2.45) is 35.5 Å². The van der Waals surface area contributed by atoms with Gasteiger partial charge in [0.25, 0.3) is 0 Å². The summed E-state index contributed by atoms with van der Waals surface area (Å²) < 4.78 is 0. The monoisotopic (exact) mass is 190 g/mol. The summed E-state index contributed by atoms with van der Waals surface area (Å²) in [6, 6.07) is 0. The highest BCUT2D eigenvalue weighted by Gasteiger charge is 2.57. The van der Waals surface area contributed by atoms with Crippen LogP contribution in [-0.4, -0.2) is 0 Å². The summed E-state index contributed by atoms with van der Waals surface area (Å²) in [4.78, 5) is 0. The Morgan fingerprint density at radius 2 is 1.29 bits per heavy atom. The van der Waals surface area contributed by atoms with Crippen LogP contribution in [0.3, 0.4) is 0 Å². The number of hydrogen-bond donors (Lipinski definition) is 0. The van der Waals surface area contributed by atoms with E-state index in [1.807, 2.05) is 13.8 Å². The maximum atomic E-state index is 2.53. The molecule has 3 fully saturated rings. The molecule has 0 N–H and O–H groups in total. The zero-order chi connectivity index (χ0) is 9.71. The van der Waals surface area contributed by atoms with Crippen LogP contribution in [-0.2, 0) is 0 Å². The van der Waals surface area contributed by atoms with Crippen LogP contribution in [0.2, 0.25) is 0 Å². The van der Waals surface area contributed by atoms with Gasteiger partial charge in [-0.2, -0.15) is 0 Å². The largest absolute Gasteiger partial charge is 0.0848 e. The van der Waals surface area contributed by atoms with Crippen LogP contribution in [0.25, 0.3) is 0 Å². The van der Waals surface area contributed by atoms with Gasteiger partial charge in [-0.15, -0.1) is 0 Å². The molecule has 0 aromatic rings. The molecule has 3 saturated carbocycles. The first kappa shape index (κ1) is 9.00. The lowest BCUT2D eigenvalue weighted by Crippen LogP contribution is -2.25. The molecule has 0 heteroatoms. The average Bonchev–Trinajstić information content (AvgIpc) is 3.00. The normalized spacial score (nSPS) is 55.9. The minimum absolute atomic E-state index is 1.02. The molecule has 0 amide bonds. The molecular formula is C14H22. The van der Waals surface area contributed by atoms with Gasteiger partial charge in [0.2, 0.25) is 0 Å². The lowest BCUT2D eigenvalue weighted by atomic mass is 9.73. The van der Waals surface area contributed by atoms with Crippen LogP contribution in [0.5, 0.6) is 0 Å². The molecule has 4 bridgehead atoms. The van der Waals surface area contributed by atoms with Crippen molar-refractivity contribution in [2.75, 3.05) is 0 Å². The maximum Gasteiger partial charge on any atom is -0.0194 e. The smallest absolute Gasteiger partial charge is 0.0194 e. The van der Waals surface area contributed by atoms with E-state index in [1.165, 1.54) is 6.42 Å². The first-order chi connectivity index (χ1) is 6.93. The Bertz CT molecular complexity index is 229. The summed E-state index contributed by atoms with van der Waals surface area (Å²) in [7, 11) is 0. The van der Waals surface area contributed by atoms with Gasteiger partial charge in [0, 0.05) is 0 Å². The number of fused-ring (bicyclic) bond motifs is 9. The van der Waals surface area contributed by atoms with Crippen LogP contribution in [0.1, 0.15) is 39.5 Å². The molecule has 0 aromatic heterocycles. The molecule has 0 spiro atoms. The molecule has 6 atom stereocenters. The van der Waals surface area contributed by atoms with Crippen LogP contribution in [0, 0.1) is 35.5 Å². The first-order valence-electron chi connectivity index (χ1n) is 6.62. The van der Waals surface area contributed by atoms with Crippen LogP contribution in [0.15, 0.2) is 12.2 Å². The van der Waals surface area contributed by atoms with Gasteiger partial charge in [-0.3, -0.25) is 0 Å². The van der Waals surface area contributed by atoms with Crippen molar-refractivity contribution in [3.8, 4) is 0 Å². The molecule has 0 aliphatic heterocycles. The quantitative estimate of drug-likeness (QED) is 0.401. The second kappa shape index (κ2) is 3.12. The second-order valence-corrected chi connectivity index (χ2v) is 5.44. The van der Waals surface area contributed by atoms with E-state index < -0.39 is 0 Å². The molecule has 0 aromatic carbocycles. The van der Waals surface area contributed by atoms with Gasteiger partial charge in [-0.25, -0.2) is 0 Å². The summed E-state index contributed by atoms with van der Waals surface area (Å²) in [5, 5.41) is 0. The highest BCUT2D eigenvalue weighted by atomic mass is 14.6. The van der Waals surface area contributed by atoms with Crippen molar-refractivity contribution in [3.05, 3.63) is 12.2 Å². The van der Waals surface area contributed by atoms with Gasteiger partial charge in [-0.1, -0.05) is 26.0 Å². The predicted molar refractivity (Wildman–Crippen MR) is 59.9 cm³/mol. The van der Waals surface area contributed by atoms with Gasteiger partial charge in [0.1, 0.15) is 0 Å². The van der Waals surface area contributed by atoms with Crippen molar-refractivity contribution >= 4 is 0 Å². The van der Waals surface area contributed by atoms with E-state index in [4.69, 9.17) is 0 Å². The van der Waals surface area contributed by atoms with E-state index in [9.17, 15) is 0 Å². The lowest BCUT2D eigenvalue weighted by Gasteiger charge is -2.31. The van der Waals surface area contributed by atoms with E-state index in [-0.39, 0.29) is 0 Å². The maximum absolute atomic E-state index is 2.53.